The van der Waals surface area contributed by atoms with Gasteiger partial charge >= 0.3 is 0 Å². The van der Waals surface area contributed by atoms with Crippen LogP contribution in [0, 0.1) is 11.8 Å². The van der Waals surface area contributed by atoms with Crippen LogP contribution in [-0.4, -0.2) is 72.5 Å². The molecule has 4 rings (SSSR count). The lowest BCUT2D eigenvalue weighted by atomic mass is 9.81. The number of carbonyl (C=O) groups excluding carboxylic acids is 1. The first-order chi connectivity index (χ1) is 12.2. The minimum absolute atomic E-state index is 0.458. The van der Waals surface area contributed by atoms with E-state index in [9.17, 15) is 4.79 Å². The second-order valence-corrected chi connectivity index (χ2v) is 9.23. The summed E-state index contributed by atoms with van der Waals surface area (Å²) in [5.41, 5.74) is 0. The van der Waals surface area contributed by atoms with Gasteiger partial charge < -0.3 is 9.80 Å². The van der Waals surface area contributed by atoms with Gasteiger partial charge in [0, 0.05) is 38.1 Å². The molecule has 0 unspecified atom stereocenters. The number of fused-ring (bicyclic) bond motifs is 1. The van der Waals surface area contributed by atoms with Gasteiger partial charge in [0.25, 0.3) is 0 Å². The van der Waals surface area contributed by atoms with Crippen LogP contribution in [0.2, 0.25) is 0 Å². The second-order valence-electron chi connectivity index (χ2n) is 9.23. The summed E-state index contributed by atoms with van der Waals surface area (Å²) in [4.78, 5) is 20.2. The molecule has 0 N–H and O–H groups in total. The van der Waals surface area contributed by atoms with Gasteiger partial charge in [0.15, 0.2) is 0 Å². The van der Waals surface area contributed by atoms with Crippen LogP contribution < -0.4 is 0 Å². The van der Waals surface area contributed by atoms with E-state index < -0.39 is 0 Å². The quantitative estimate of drug-likeness (QED) is 0.785. The largest absolute Gasteiger partial charge is 0.339 e. The fourth-order valence-electron chi connectivity index (χ4n) is 5.96. The lowest BCUT2D eigenvalue weighted by Crippen LogP contribution is -2.59. The molecule has 3 aliphatic heterocycles. The number of hydrogen-bond acceptors (Lipinski definition) is 3. The SMILES string of the molecule is CN1CCC(N2CC[C@H]3[C@H](CCC(=O)N3CC3CCCCC3)C2)CC1. The maximum absolute atomic E-state index is 12.6. The highest BCUT2D eigenvalue weighted by molar-refractivity contribution is 5.77. The molecule has 2 atom stereocenters. The van der Waals surface area contributed by atoms with E-state index >= 15 is 0 Å². The summed E-state index contributed by atoms with van der Waals surface area (Å²) in [6.07, 6.45) is 12.7. The molecule has 4 heteroatoms. The van der Waals surface area contributed by atoms with E-state index in [0.29, 0.717) is 11.9 Å². The molecule has 3 heterocycles. The van der Waals surface area contributed by atoms with E-state index in [1.54, 1.807) is 0 Å². The minimum atomic E-state index is 0.458. The molecule has 4 fully saturated rings. The average molecular weight is 348 g/mol. The van der Waals surface area contributed by atoms with E-state index in [1.165, 1.54) is 77.5 Å². The van der Waals surface area contributed by atoms with Crippen molar-refractivity contribution in [3.05, 3.63) is 0 Å². The molecular weight excluding hydrogens is 310 g/mol. The molecule has 142 valence electrons. The molecule has 0 aromatic carbocycles. The van der Waals surface area contributed by atoms with Gasteiger partial charge in [0.05, 0.1) is 0 Å². The summed E-state index contributed by atoms with van der Waals surface area (Å²) in [7, 11) is 2.25. The van der Waals surface area contributed by atoms with Crippen molar-refractivity contribution >= 4 is 5.91 Å². The molecule has 4 nitrogen and oxygen atoms in total. The van der Waals surface area contributed by atoms with Gasteiger partial charge in [-0.25, -0.2) is 0 Å². The van der Waals surface area contributed by atoms with Crippen LogP contribution >= 0.6 is 0 Å². The normalized spacial score (nSPS) is 34.3. The van der Waals surface area contributed by atoms with Gasteiger partial charge in [-0.1, -0.05) is 19.3 Å². The maximum atomic E-state index is 12.6. The van der Waals surface area contributed by atoms with Gasteiger partial charge in [-0.15, -0.1) is 0 Å². The Hall–Kier alpha value is -0.610. The number of carbonyl (C=O) groups is 1. The molecule has 0 spiro atoms. The predicted molar refractivity (Wildman–Crippen MR) is 102 cm³/mol. The molecule has 1 saturated carbocycles. The summed E-state index contributed by atoms with van der Waals surface area (Å²) < 4.78 is 0. The smallest absolute Gasteiger partial charge is 0.222 e. The highest BCUT2D eigenvalue weighted by Gasteiger charge is 2.41. The van der Waals surface area contributed by atoms with Crippen LogP contribution in [-0.2, 0) is 4.79 Å². The van der Waals surface area contributed by atoms with Crippen LogP contribution in [0.15, 0.2) is 0 Å². The van der Waals surface area contributed by atoms with Crippen molar-refractivity contribution in [1.29, 1.82) is 0 Å². The van der Waals surface area contributed by atoms with Crippen LogP contribution in [0.25, 0.3) is 0 Å². The Morgan fingerprint density at radius 2 is 1.68 bits per heavy atom. The number of amides is 1. The van der Waals surface area contributed by atoms with E-state index in [4.69, 9.17) is 0 Å². The van der Waals surface area contributed by atoms with E-state index in [-0.39, 0.29) is 0 Å². The molecule has 0 bridgehead atoms. The summed E-state index contributed by atoms with van der Waals surface area (Å²) >= 11 is 0. The van der Waals surface area contributed by atoms with Gasteiger partial charge in [-0.2, -0.15) is 0 Å². The van der Waals surface area contributed by atoms with Gasteiger partial charge in [0.2, 0.25) is 5.91 Å². The number of hydrogen-bond donors (Lipinski definition) is 0. The molecule has 0 radical (unpaired) electrons. The third kappa shape index (κ3) is 4.05. The Kier molecular flexibility index (Phi) is 5.66. The first-order valence-electron chi connectivity index (χ1n) is 10.9. The van der Waals surface area contributed by atoms with Crippen molar-refractivity contribution in [2.45, 2.75) is 76.3 Å². The lowest BCUT2D eigenvalue weighted by molar-refractivity contribution is -0.142. The van der Waals surface area contributed by atoms with Crippen LogP contribution in [0.3, 0.4) is 0 Å². The summed E-state index contributed by atoms with van der Waals surface area (Å²) in [5.74, 6) is 1.97. The third-order valence-electron chi connectivity index (χ3n) is 7.56. The summed E-state index contributed by atoms with van der Waals surface area (Å²) in [5, 5.41) is 0. The lowest BCUT2D eigenvalue weighted by Gasteiger charge is -2.50. The maximum Gasteiger partial charge on any atom is 0.222 e. The number of piperidine rings is 3. The zero-order valence-electron chi connectivity index (χ0n) is 16.2. The fraction of sp³-hybridized carbons (Fsp3) is 0.952. The number of rotatable bonds is 3. The predicted octanol–water partition coefficient (Wildman–Crippen LogP) is 2.97. The monoisotopic (exact) mass is 347 g/mol. The molecule has 4 aliphatic rings. The molecule has 25 heavy (non-hydrogen) atoms. The van der Waals surface area contributed by atoms with Crippen molar-refractivity contribution in [2.24, 2.45) is 11.8 Å². The van der Waals surface area contributed by atoms with Crippen LogP contribution in [0.1, 0.15) is 64.2 Å². The Bertz CT molecular complexity index is 454. The Balaban J connectivity index is 1.36. The van der Waals surface area contributed by atoms with Crippen LogP contribution in [0.5, 0.6) is 0 Å². The standard InChI is InChI=1S/C21H37N3O/c1-22-12-9-19(10-13-22)23-14-11-20-18(16-23)7-8-21(25)24(20)15-17-5-3-2-4-6-17/h17-20H,2-16H2,1H3/t18-,20+/m1/s1. The number of nitrogens with zero attached hydrogens (tertiary/aromatic N) is 3. The Morgan fingerprint density at radius 3 is 2.44 bits per heavy atom. The zero-order valence-corrected chi connectivity index (χ0v) is 16.2. The van der Waals surface area contributed by atoms with Crippen LogP contribution in [0.4, 0.5) is 0 Å². The first-order valence-corrected chi connectivity index (χ1v) is 10.9. The fourth-order valence-corrected chi connectivity index (χ4v) is 5.96. The van der Waals surface area contributed by atoms with Gasteiger partial charge in [0.1, 0.15) is 0 Å². The average Bonchev–Trinajstić information content (AvgIpc) is 2.65. The molecular formula is C21H37N3O. The summed E-state index contributed by atoms with van der Waals surface area (Å²) in [6, 6.07) is 1.34. The highest BCUT2D eigenvalue weighted by Crippen LogP contribution is 2.35. The van der Waals surface area contributed by atoms with Crippen molar-refractivity contribution in [3.8, 4) is 0 Å². The van der Waals surface area contributed by atoms with Crippen molar-refractivity contribution in [1.82, 2.24) is 14.7 Å². The van der Waals surface area contributed by atoms with Crippen molar-refractivity contribution in [3.63, 3.8) is 0 Å². The Labute approximate surface area is 153 Å². The second kappa shape index (κ2) is 7.96. The highest BCUT2D eigenvalue weighted by atomic mass is 16.2. The molecule has 0 aromatic heterocycles. The molecule has 1 amide bonds. The molecule has 1 aliphatic carbocycles. The third-order valence-corrected chi connectivity index (χ3v) is 7.56. The van der Waals surface area contributed by atoms with Crippen molar-refractivity contribution in [2.75, 3.05) is 39.8 Å². The van der Waals surface area contributed by atoms with Crippen molar-refractivity contribution < 1.29 is 4.79 Å². The zero-order chi connectivity index (χ0) is 17.2. The molecule has 3 saturated heterocycles. The molecule has 0 aromatic rings. The van der Waals surface area contributed by atoms with E-state index in [2.05, 4.69) is 21.7 Å². The minimum Gasteiger partial charge on any atom is -0.339 e. The first kappa shape index (κ1) is 17.8. The van der Waals surface area contributed by atoms with Gasteiger partial charge in [-0.05, 0) is 70.5 Å². The van der Waals surface area contributed by atoms with Gasteiger partial charge in [-0.3, -0.25) is 9.69 Å². The number of likely N-dealkylation sites (tertiary alicyclic amines) is 3. The van der Waals surface area contributed by atoms with E-state index in [1.807, 2.05) is 0 Å². The summed E-state index contributed by atoms with van der Waals surface area (Å²) in [6.45, 7) is 6.02. The Morgan fingerprint density at radius 1 is 0.920 bits per heavy atom. The van der Waals surface area contributed by atoms with E-state index in [0.717, 1.165) is 37.3 Å². The topological polar surface area (TPSA) is 26.8 Å².